The van der Waals surface area contributed by atoms with Gasteiger partial charge in [-0.2, -0.15) is 0 Å². The predicted octanol–water partition coefficient (Wildman–Crippen LogP) is 1.75. The number of thiazole rings is 1. The smallest absolute Gasteiger partial charge is 0.220 e. The molecule has 1 heterocycles. The third kappa shape index (κ3) is 3.56. The normalized spacial score (nSPS) is 34.4. The molecule has 1 aromatic heterocycles. The molecule has 5 unspecified atom stereocenters. The minimum absolute atomic E-state index is 0.00861. The molecule has 1 aromatic rings. The lowest BCUT2D eigenvalue weighted by atomic mass is 9.47. The van der Waals surface area contributed by atoms with E-state index < -0.39 is 11.5 Å². The van der Waals surface area contributed by atoms with Crippen molar-refractivity contribution in [1.29, 1.82) is 0 Å². The number of amides is 1. The summed E-state index contributed by atoms with van der Waals surface area (Å²) in [4.78, 5) is 18.6. The number of aliphatic hydroxyl groups is 2. The van der Waals surface area contributed by atoms with Gasteiger partial charge in [0, 0.05) is 43.3 Å². The van der Waals surface area contributed by atoms with Crippen LogP contribution in [0.25, 0.3) is 0 Å². The summed E-state index contributed by atoms with van der Waals surface area (Å²) < 4.78 is 5.03. The number of aliphatic hydroxyl groups excluding tert-OH is 2. The Balaban J connectivity index is 1.97. The van der Waals surface area contributed by atoms with Gasteiger partial charge in [0.15, 0.2) is 5.13 Å². The average molecular weight is 412 g/mol. The first-order valence-electron chi connectivity index (χ1n) is 10.0. The zero-order valence-corrected chi connectivity index (χ0v) is 18.1. The number of fused-ring (bicyclic) bond motifs is 2. The van der Waals surface area contributed by atoms with E-state index in [1.165, 1.54) is 0 Å². The SMILES string of the molecule is CNc1nc2c(s1)CC1C(C)(CO)C(O)CCC1(C)C2CC(=O)NCCOC. The molecule has 0 radical (unpaired) electrons. The zero-order valence-electron chi connectivity index (χ0n) is 17.2. The summed E-state index contributed by atoms with van der Waals surface area (Å²) in [6.07, 6.45) is 2.04. The summed E-state index contributed by atoms with van der Waals surface area (Å²) in [7, 11) is 3.47. The molecule has 1 saturated carbocycles. The molecule has 0 bridgehead atoms. The van der Waals surface area contributed by atoms with Gasteiger partial charge >= 0.3 is 0 Å². The molecular weight excluding hydrogens is 378 g/mol. The maximum absolute atomic E-state index is 12.7. The van der Waals surface area contributed by atoms with Gasteiger partial charge in [0.2, 0.25) is 5.91 Å². The largest absolute Gasteiger partial charge is 0.396 e. The summed E-state index contributed by atoms with van der Waals surface area (Å²) in [6.45, 7) is 5.11. The molecule has 0 aliphatic heterocycles. The second-order valence-corrected chi connectivity index (χ2v) is 9.74. The second kappa shape index (κ2) is 8.26. The molecule has 1 amide bonds. The van der Waals surface area contributed by atoms with Crippen molar-refractivity contribution in [1.82, 2.24) is 10.3 Å². The van der Waals surface area contributed by atoms with Crippen molar-refractivity contribution < 1.29 is 19.7 Å². The molecule has 2 aliphatic rings. The van der Waals surface area contributed by atoms with Crippen LogP contribution in [-0.4, -0.2) is 61.1 Å². The molecule has 0 saturated heterocycles. The van der Waals surface area contributed by atoms with E-state index in [9.17, 15) is 15.0 Å². The Morgan fingerprint density at radius 1 is 1.43 bits per heavy atom. The van der Waals surface area contributed by atoms with Crippen molar-refractivity contribution in [3.63, 3.8) is 0 Å². The quantitative estimate of drug-likeness (QED) is 0.510. The lowest BCUT2D eigenvalue weighted by Crippen LogP contribution is -2.57. The number of hydrogen-bond acceptors (Lipinski definition) is 7. The summed E-state index contributed by atoms with van der Waals surface area (Å²) in [5.41, 5.74) is 0.215. The Bertz CT molecular complexity index is 712. The highest BCUT2D eigenvalue weighted by Crippen LogP contribution is 2.62. The van der Waals surface area contributed by atoms with E-state index in [0.717, 1.165) is 28.5 Å². The molecule has 28 heavy (non-hydrogen) atoms. The summed E-state index contributed by atoms with van der Waals surface area (Å²) >= 11 is 1.62. The molecule has 8 heteroatoms. The number of nitrogens with one attached hydrogen (secondary N) is 2. The number of carbonyl (C=O) groups is 1. The van der Waals surface area contributed by atoms with Crippen molar-refractivity contribution in [3.8, 4) is 0 Å². The molecule has 7 nitrogen and oxygen atoms in total. The van der Waals surface area contributed by atoms with Gasteiger partial charge in [-0.25, -0.2) is 4.98 Å². The van der Waals surface area contributed by atoms with Crippen molar-refractivity contribution in [2.24, 2.45) is 16.7 Å². The van der Waals surface area contributed by atoms with Gasteiger partial charge in [0.1, 0.15) is 0 Å². The first-order valence-corrected chi connectivity index (χ1v) is 10.8. The van der Waals surface area contributed by atoms with Crippen LogP contribution in [0.2, 0.25) is 0 Å². The number of nitrogens with zero attached hydrogens (tertiary/aromatic N) is 1. The third-order valence-electron chi connectivity index (χ3n) is 7.13. The molecule has 1 fully saturated rings. The minimum Gasteiger partial charge on any atom is -0.396 e. The van der Waals surface area contributed by atoms with Crippen LogP contribution in [0.5, 0.6) is 0 Å². The van der Waals surface area contributed by atoms with Crippen molar-refractivity contribution in [3.05, 3.63) is 10.6 Å². The van der Waals surface area contributed by atoms with E-state index in [0.29, 0.717) is 26.0 Å². The van der Waals surface area contributed by atoms with Gasteiger partial charge in [0.05, 0.1) is 25.0 Å². The van der Waals surface area contributed by atoms with Crippen LogP contribution in [0.15, 0.2) is 0 Å². The lowest BCUT2D eigenvalue weighted by molar-refractivity contribution is -0.144. The highest BCUT2D eigenvalue weighted by Gasteiger charge is 2.59. The topological polar surface area (TPSA) is 104 Å². The van der Waals surface area contributed by atoms with E-state index in [1.807, 2.05) is 14.0 Å². The highest BCUT2D eigenvalue weighted by molar-refractivity contribution is 7.15. The van der Waals surface area contributed by atoms with Crippen LogP contribution in [0.1, 0.15) is 49.6 Å². The fraction of sp³-hybridized carbons (Fsp3) is 0.800. The Morgan fingerprint density at radius 3 is 2.82 bits per heavy atom. The summed E-state index contributed by atoms with van der Waals surface area (Å²) in [6, 6.07) is 0. The van der Waals surface area contributed by atoms with Crippen molar-refractivity contribution in [2.45, 2.75) is 51.6 Å². The van der Waals surface area contributed by atoms with Crippen molar-refractivity contribution >= 4 is 22.4 Å². The van der Waals surface area contributed by atoms with Gasteiger partial charge in [-0.1, -0.05) is 13.8 Å². The van der Waals surface area contributed by atoms with E-state index in [4.69, 9.17) is 9.72 Å². The number of aromatic nitrogens is 1. The number of carbonyl (C=O) groups excluding carboxylic acids is 1. The lowest BCUT2D eigenvalue weighted by Gasteiger charge is -2.58. The molecule has 158 valence electrons. The summed E-state index contributed by atoms with van der Waals surface area (Å²) in [5.74, 6) is 0.0365. The van der Waals surface area contributed by atoms with Gasteiger partial charge in [-0.05, 0) is 30.6 Å². The monoisotopic (exact) mass is 411 g/mol. The van der Waals surface area contributed by atoms with Gasteiger partial charge in [-0.15, -0.1) is 11.3 Å². The van der Waals surface area contributed by atoms with Crippen LogP contribution < -0.4 is 10.6 Å². The highest BCUT2D eigenvalue weighted by atomic mass is 32.1. The first-order chi connectivity index (χ1) is 13.3. The molecule has 0 aromatic carbocycles. The fourth-order valence-corrected chi connectivity index (χ4v) is 6.32. The third-order valence-corrected chi connectivity index (χ3v) is 8.24. The maximum atomic E-state index is 12.7. The van der Waals surface area contributed by atoms with E-state index in [1.54, 1.807) is 18.4 Å². The molecule has 5 atom stereocenters. The Hall–Kier alpha value is -1.22. The number of hydrogen-bond donors (Lipinski definition) is 4. The Morgan fingerprint density at radius 2 is 2.18 bits per heavy atom. The number of ether oxygens (including phenoxy) is 1. The van der Waals surface area contributed by atoms with Crippen LogP contribution in [-0.2, 0) is 16.0 Å². The maximum Gasteiger partial charge on any atom is 0.220 e. The summed E-state index contributed by atoms with van der Waals surface area (Å²) in [5, 5.41) is 27.8. The van der Waals surface area contributed by atoms with E-state index in [-0.39, 0.29) is 29.8 Å². The fourth-order valence-electron chi connectivity index (χ4n) is 5.30. The van der Waals surface area contributed by atoms with Gasteiger partial charge < -0.3 is 25.6 Å². The second-order valence-electron chi connectivity index (χ2n) is 8.66. The first kappa shape index (κ1) is 21.5. The Labute approximate surface area is 170 Å². The van der Waals surface area contributed by atoms with E-state index >= 15 is 0 Å². The predicted molar refractivity (Wildman–Crippen MR) is 110 cm³/mol. The number of methoxy groups -OCH3 is 1. The molecule has 0 spiro atoms. The van der Waals surface area contributed by atoms with Crippen molar-refractivity contribution in [2.75, 3.05) is 39.2 Å². The molecule has 2 aliphatic carbocycles. The van der Waals surface area contributed by atoms with Crippen LogP contribution in [0, 0.1) is 16.7 Å². The molecule has 3 rings (SSSR count). The minimum atomic E-state index is -0.584. The zero-order chi connectivity index (χ0) is 20.5. The van der Waals surface area contributed by atoms with Crippen LogP contribution in [0.4, 0.5) is 5.13 Å². The van der Waals surface area contributed by atoms with Gasteiger partial charge in [0.25, 0.3) is 0 Å². The Kier molecular flexibility index (Phi) is 6.34. The van der Waals surface area contributed by atoms with E-state index in [2.05, 4.69) is 17.6 Å². The van der Waals surface area contributed by atoms with Crippen LogP contribution in [0.3, 0.4) is 0 Å². The number of anilines is 1. The molecule has 4 N–H and O–H groups in total. The van der Waals surface area contributed by atoms with Crippen LogP contribution >= 0.6 is 11.3 Å². The average Bonchev–Trinajstić information content (AvgIpc) is 3.10. The molecular formula is C20H33N3O4S. The van der Waals surface area contributed by atoms with Gasteiger partial charge in [-0.3, -0.25) is 4.79 Å². The number of rotatable bonds is 7. The standard InChI is InChI=1S/C20H33N3O4S/c1-19-6-5-15(25)20(2,11-24)14(19)10-13-17(23-18(21-3)28-13)12(19)9-16(26)22-7-8-27-4/h12,14-15,24-25H,5-11H2,1-4H3,(H,21,23)(H,22,26).